The lowest BCUT2D eigenvalue weighted by molar-refractivity contribution is 0.323. The number of methoxy groups -OCH3 is 3. The van der Waals surface area contributed by atoms with Crippen LogP contribution in [0.25, 0.3) is 10.9 Å². The van der Waals surface area contributed by atoms with Gasteiger partial charge in [-0.05, 0) is 68.3 Å². The first kappa shape index (κ1) is 23.0. The van der Waals surface area contributed by atoms with Crippen molar-refractivity contribution in [1.82, 2.24) is 10.3 Å². The second-order valence-electron chi connectivity index (χ2n) is 7.42. The summed E-state index contributed by atoms with van der Waals surface area (Å²) in [7, 11) is 4.87. The van der Waals surface area contributed by atoms with Crippen molar-refractivity contribution < 1.29 is 14.2 Å². The van der Waals surface area contributed by atoms with Gasteiger partial charge in [0.15, 0.2) is 11.5 Å². The minimum Gasteiger partial charge on any atom is -0.493 e. The van der Waals surface area contributed by atoms with E-state index < -0.39 is 0 Å². The molecule has 0 spiro atoms. The predicted molar refractivity (Wildman–Crippen MR) is 127 cm³/mol. The highest BCUT2D eigenvalue weighted by Gasteiger charge is 2.13. The molecular formula is C24H30ClN3O3. The Kier molecular flexibility index (Phi) is 8.20. The largest absolute Gasteiger partial charge is 0.493 e. The fourth-order valence-corrected chi connectivity index (χ4v) is 3.75. The van der Waals surface area contributed by atoms with Crippen molar-refractivity contribution in [3.63, 3.8) is 0 Å². The average Bonchev–Trinajstić information content (AvgIpc) is 2.78. The van der Waals surface area contributed by atoms with Gasteiger partial charge in [-0.3, -0.25) is 4.98 Å². The molecule has 31 heavy (non-hydrogen) atoms. The van der Waals surface area contributed by atoms with Crippen molar-refractivity contribution in [3.05, 3.63) is 53.2 Å². The molecule has 2 N–H and O–H groups in total. The molecule has 0 aliphatic heterocycles. The number of rotatable bonds is 11. The van der Waals surface area contributed by atoms with Crippen LogP contribution in [0, 0.1) is 0 Å². The molecule has 0 aliphatic rings. The Labute approximate surface area is 188 Å². The molecule has 0 saturated carbocycles. The van der Waals surface area contributed by atoms with Crippen LogP contribution >= 0.6 is 11.6 Å². The van der Waals surface area contributed by atoms with Gasteiger partial charge >= 0.3 is 0 Å². The number of nitrogens with zero attached hydrogens (tertiary/aromatic N) is 1. The number of pyridine rings is 1. The Morgan fingerprint density at radius 2 is 1.74 bits per heavy atom. The van der Waals surface area contributed by atoms with Gasteiger partial charge in [0, 0.05) is 34.9 Å². The predicted octanol–water partition coefficient (Wildman–Crippen LogP) is 5.28. The zero-order valence-corrected chi connectivity index (χ0v) is 19.3. The fourth-order valence-electron chi connectivity index (χ4n) is 3.59. The zero-order chi connectivity index (χ0) is 22.2. The van der Waals surface area contributed by atoms with Crippen molar-refractivity contribution in [2.24, 2.45) is 0 Å². The monoisotopic (exact) mass is 443 g/mol. The highest BCUT2D eigenvalue weighted by atomic mass is 35.5. The van der Waals surface area contributed by atoms with Crippen LogP contribution in [-0.4, -0.2) is 38.9 Å². The lowest BCUT2D eigenvalue weighted by Gasteiger charge is -2.17. The average molecular weight is 444 g/mol. The van der Waals surface area contributed by atoms with Crippen LogP contribution in [0.2, 0.25) is 5.02 Å². The third-order valence-electron chi connectivity index (χ3n) is 5.15. The molecule has 6 nitrogen and oxygen atoms in total. The van der Waals surface area contributed by atoms with Crippen LogP contribution in [0.1, 0.15) is 25.3 Å². The summed E-state index contributed by atoms with van der Waals surface area (Å²) in [4.78, 5) is 4.40. The van der Waals surface area contributed by atoms with E-state index in [0.717, 1.165) is 48.1 Å². The van der Waals surface area contributed by atoms with Crippen LogP contribution in [0.5, 0.6) is 17.2 Å². The van der Waals surface area contributed by atoms with E-state index in [1.165, 1.54) is 0 Å². The third-order valence-corrected chi connectivity index (χ3v) is 5.39. The SMILES string of the molecule is COc1cc(CNCCCC(C)Nc2ccnc3cc(Cl)ccc23)cc(OC)c1OC. The van der Waals surface area contributed by atoms with E-state index in [9.17, 15) is 0 Å². The summed E-state index contributed by atoms with van der Waals surface area (Å²) in [5.74, 6) is 1.95. The van der Waals surface area contributed by atoms with Crippen LogP contribution in [-0.2, 0) is 6.54 Å². The van der Waals surface area contributed by atoms with Gasteiger partial charge in [0.05, 0.1) is 26.8 Å². The lowest BCUT2D eigenvalue weighted by atomic mass is 10.1. The van der Waals surface area contributed by atoms with Crippen molar-refractivity contribution in [2.75, 3.05) is 33.2 Å². The van der Waals surface area contributed by atoms with E-state index in [1.54, 1.807) is 21.3 Å². The molecule has 166 valence electrons. The minimum absolute atomic E-state index is 0.337. The second-order valence-corrected chi connectivity index (χ2v) is 7.85. The van der Waals surface area contributed by atoms with Crippen LogP contribution in [0.15, 0.2) is 42.6 Å². The summed E-state index contributed by atoms with van der Waals surface area (Å²) in [6.07, 6.45) is 3.90. The Morgan fingerprint density at radius 1 is 1.00 bits per heavy atom. The van der Waals surface area contributed by atoms with Gasteiger partial charge in [0.25, 0.3) is 0 Å². The van der Waals surface area contributed by atoms with E-state index in [4.69, 9.17) is 25.8 Å². The summed E-state index contributed by atoms with van der Waals surface area (Å²) in [6, 6.07) is 12.1. The Balaban J connectivity index is 1.48. The molecule has 0 radical (unpaired) electrons. The molecule has 3 rings (SSSR count). The maximum absolute atomic E-state index is 6.08. The first-order valence-electron chi connectivity index (χ1n) is 10.4. The number of fused-ring (bicyclic) bond motifs is 1. The van der Waals surface area contributed by atoms with E-state index in [0.29, 0.717) is 28.3 Å². The Morgan fingerprint density at radius 3 is 2.42 bits per heavy atom. The molecule has 0 saturated heterocycles. The molecule has 1 heterocycles. The van der Waals surface area contributed by atoms with E-state index in [2.05, 4.69) is 22.5 Å². The van der Waals surface area contributed by atoms with E-state index >= 15 is 0 Å². The van der Waals surface area contributed by atoms with Crippen molar-refractivity contribution in [1.29, 1.82) is 0 Å². The maximum atomic E-state index is 6.08. The Hall–Kier alpha value is -2.70. The van der Waals surface area contributed by atoms with Crippen molar-refractivity contribution >= 4 is 28.2 Å². The van der Waals surface area contributed by atoms with Crippen molar-refractivity contribution in [2.45, 2.75) is 32.4 Å². The van der Waals surface area contributed by atoms with Gasteiger partial charge < -0.3 is 24.8 Å². The number of aromatic nitrogens is 1. The first-order chi connectivity index (χ1) is 15.0. The number of anilines is 1. The van der Waals surface area contributed by atoms with Gasteiger partial charge in [0.1, 0.15) is 0 Å². The molecule has 0 aliphatic carbocycles. The van der Waals surface area contributed by atoms with Gasteiger partial charge in [-0.15, -0.1) is 0 Å². The quantitative estimate of drug-likeness (QED) is 0.393. The van der Waals surface area contributed by atoms with Crippen molar-refractivity contribution in [3.8, 4) is 17.2 Å². The molecule has 3 aromatic rings. The number of benzene rings is 2. The number of hydrogen-bond acceptors (Lipinski definition) is 6. The van der Waals surface area contributed by atoms with Gasteiger partial charge in [0.2, 0.25) is 5.75 Å². The minimum atomic E-state index is 0.337. The van der Waals surface area contributed by atoms with E-state index in [1.807, 2.05) is 42.6 Å². The molecule has 0 bridgehead atoms. The molecule has 0 fully saturated rings. The topological polar surface area (TPSA) is 64.6 Å². The summed E-state index contributed by atoms with van der Waals surface area (Å²) in [5, 5.41) is 8.87. The van der Waals surface area contributed by atoms with E-state index in [-0.39, 0.29) is 0 Å². The molecule has 1 unspecified atom stereocenters. The highest BCUT2D eigenvalue weighted by Crippen LogP contribution is 2.38. The second kappa shape index (κ2) is 11.1. The highest BCUT2D eigenvalue weighted by molar-refractivity contribution is 6.31. The summed E-state index contributed by atoms with van der Waals surface area (Å²) in [5.41, 5.74) is 3.07. The third kappa shape index (κ3) is 5.93. The van der Waals surface area contributed by atoms with Crippen LogP contribution in [0.3, 0.4) is 0 Å². The van der Waals surface area contributed by atoms with Crippen LogP contribution < -0.4 is 24.8 Å². The summed E-state index contributed by atoms with van der Waals surface area (Å²) < 4.78 is 16.2. The molecule has 7 heteroatoms. The number of nitrogens with one attached hydrogen (secondary N) is 2. The molecule has 1 aromatic heterocycles. The maximum Gasteiger partial charge on any atom is 0.203 e. The molecule has 2 aromatic carbocycles. The standard InChI is InChI=1S/C24H30ClN3O3/c1-16(28-20-9-11-27-21-14-18(25)7-8-19(20)21)6-5-10-26-15-17-12-22(29-2)24(31-4)23(13-17)30-3/h7-9,11-14,16,26H,5-6,10,15H2,1-4H3,(H,27,28). The zero-order valence-electron chi connectivity index (χ0n) is 18.5. The van der Waals surface area contributed by atoms with Gasteiger partial charge in [-0.2, -0.15) is 0 Å². The number of ether oxygens (including phenoxy) is 3. The Bertz CT molecular complexity index is 988. The molecule has 1 atom stereocenters. The molecular weight excluding hydrogens is 414 g/mol. The van der Waals surface area contributed by atoms with Crippen LogP contribution in [0.4, 0.5) is 5.69 Å². The normalized spacial score (nSPS) is 11.9. The molecule has 0 amide bonds. The smallest absolute Gasteiger partial charge is 0.203 e. The fraction of sp³-hybridized carbons (Fsp3) is 0.375. The summed E-state index contributed by atoms with van der Waals surface area (Å²) in [6.45, 7) is 3.84. The number of halogens is 1. The first-order valence-corrected chi connectivity index (χ1v) is 10.7. The number of hydrogen-bond donors (Lipinski definition) is 2. The summed E-state index contributed by atoms with van der Waals surface area (Å²) >= 11 is 6.08. The van der Waals surface area contributed by atoms with Gasteiger partial charge in [-0.25, -0.2) is 0 Å². The van der Waals surface area contributed by atoms with Gasteiger partial charge in [-0.1, -0.05) is 11.6 Å². The lowest BCUT2D eigenvalue weighted by Crippen LogP contribution is -2.20.